The van der Waals surface area contributed by atoms with Crippen LogP contribution in [0, 0.1) is 0 Å². The third-order valence-electron chi connectivity index (χ3n) is 2.60. The predicted molar refractivity (Wildman–Crippen MR) is 68.7 cm³/mol. The molecule has 3 amide bonds. The number of urea groups is 1. The summed E-state index contributed by atoms with van der Waals surface area (Å²) >= 11 is 0. The average molecular weight is 283 g/mol. The first kappa shape index (κ1) is 15.5. The lowest BCUT2D eigenvalue weighted by molar-refractivity contribution is -0.140. The minimum atomic E-state index is -1.33. The van der Waals surface area contributed by atoms with Crippen LogP contribution in [0.5, 0.6) is 0 Å². The molecule has 0 aliphatic heterocycles. The minimum absolute atomic E-state index is 0.314. The molecule has 1 aromatic rings. The van der Waals surface area contributed by atoms with Crippen LogP contribution in [-0.4, -0.2) is 45.4 Å². The molecule has 0 bridgehead atoms. The lowest BCUT2D eigenvalue weighted by Gasteiger charge is -2.13. The van der Waals surface area contributed by atoms with Crippen molar-refractivity contribution in [2.75, 3.05) is 6.54 Å². The van der Waals surface area contributed by atoms with Crippen molar-refractivity contribution in [1.82, 2.24) is 20.4 Å². The normalized spacial score (nSPS) is 11.7. The zero-order chi connectivity index (χ0) is 15.1. The summed E-state index contributed by atoms with van der Waals surface area (Å²) in [4.78, 5) is 33.0. The zero-order valence-electron chi connectivity index (χ0n) is 11.0. The second-order valence-corrected chi connectivity index (χ2v) is 4.16. The average Bonchev–Trinajstić information content (AvgIpc) is 2.73. The van der Waals surface area contributed by atoms with Gasteiger partial charge in [-0.3, -0.25) is 9.48 Å². The van der Waals surface area contributed by atoms with Crippen molar-refractivity contribution in [3.05, 3.63) is 18.0 Å². The molecule has 0 aromatic carbocycles. The SMILES string of the molecule is Cn1nccc1CCNC(=O)N[C@@H](CC(N)=O)C(=O)O. The van der Waals surface area contributed by atoms with E-state index in [0.29, 0.717) is 13.0 Å². The Labute approximate surface area is 115 Å². The number of carbonyl (C=O) groups excluding carboxylic acids is 2. The third kappa shape index (κ3) is 4.96. The zero-order valence-corrected chi connectivity index (χ0v) is 11.0. The van der Waals surface area contributed by atoms with Gasteiger partial charge in [0.25, 0.3) is 0 Å². The number of carboxylic acids is 1. The van der Waals surface area contributed by atoms with Gasteiger partial charge in [0, 0.05) is 31.9 Å². The van der Waals surface area contributed by atoms with Crippen LogP contribution in [0.1, 0.15) is 12.1 Å². The van der Waals surface area contributed by atoms with Crippen molar-refractivity contribution >= 4 is 17.9 Å². The van der Waals surface area contributed by atoms with Crippen LogP contribution >= 0.6 is 0 Å². The fourth-order valence-corrected chi connectivity index (χ4v) is 1.56. The summed E-state index contributed by atoms with van der Waals surface area (Å²) in [5.41, 5.74) is 5.83. The molecule has 5 N–H and O–H groups in total. The van der Waals surface area contributed by atoms with Gasteiger partial charge in [-0.1, -0.05) is 0 Å². The van der Waals surface area contributed by atoms with E-state index in [9.17, 15) is 14.4 Å². The number of hydrogen-bond acceptors (Lipinski definition) is 4. The summed E-state index contributed by atoms with van der Waals surface area (Å²) in [5, 5.41) is 17.5. The van der Waals surface area contributed by atoms with Crippen molar-refractivity contribution in [1.29, 1.82) is 0 Å². The molecular weight excluding hydrogens is 266 g/mol. The highest BCUT2D eigenvalue weighted by atomic mass is 16.4. The van der Waals surface area contributed by atoms with E-state index in [1.165, 1.54) is 0 Å². The highest BCUT2D eigenvalue weighted by molar-refractivity contribution is 5.87. The maximum Gasteiger partial charge on any atom is 0.326 e. The van der Waals surface area contributed by atoms with E-state index in [4.69, 9.17) is 10.8 Å². The van der Waals surface area contributed by atoms with Crippen LogP contribution in [0.2, 0.25) is 0 Å². The summed E-state index contributed by atoms with van der Waals surface area (Å²) < 4.78 is 1.67. The number of nitrogens with zero attached hydrogens (tertiary/aromatic N) is 2. The van der Waals surface area contributed by atoms with Gasteiger partial charge in [0.1, 0.15) is 6.04 Å². The molecule has 0 aliphatic rings. The fraction of sp³-hybridized carbons (Fsp3) is 0.455. The standard InChI is InChI=1S/C11H17N5O4/c1-16-7(3-5-14-16)2-4-13-11(20)15-8(10(18)19)6-9(12)17/h3,5,8H,2,4,6H2,1H3,(H2,12,17)(H,18,19)(H2,13,15,20)/t8-/m0/s1. The molecule has 9 nitrogen and oxygen atoms in total. The number of carbonyl (C=O) groups is 3. The Kier molecular flexibility index (Phi) is 5.51. The Morgan fingerprint density at radius 1 is 1.50 bits per heavy atom. The van der Waals surface area contributed by atoms with Gasteiger partial charge in [-0.15, -0.1) is 0 Å². The van der Waals surface area contributed by atoms with Gasteiger partial charge in [0.05, 0.1) is 6.42 Å². The number of hydrogen-bond donors (Lipinski definition) is 4. The largest absolute Gasteiger partial charge is 0.480 e. The Hall–Kier alpha value is -2.58. The van der Waals surface area contributed by atoms with E-state index >= 15 is 0 Å². The van der Waals surface area contributed by atoms with E-state index in [-0.39, 0.29) is 0 Å². The van der Waals surface area contributed by atoms with Crippen LogP contribution < -0.4 is 16.4 Å². The van der Waals surface area contributed by atoms with Gasteiger partial charge >= 0.3 is 12.0 Å². The summed E-state index contributed by atoms with van der Waals surface area (Å²) in [6.07, 6.45) is 1.74. The molecule has 20 heavy (non-hydrogen) atoms. The van der Waals surface area contributed by atoms with Gasteiger partial charge in [-0.05, 0) is 6.07 Å². The van der Waals surface area contributed by atoms with Crippen LogP contribution in [-0.2, 0) is 23.1 Å². The van der Waals surface area contributed by atoms with Crippen LogP contribution in [0.25, 0.3) is 0 Å². The highest BCUT2D eigenvalue weighted by Crippen LogP contribution is 1.96. The number of aliphatic carboxylic acids is 1. The summed E-state index contributed by atoms with van der Waals surface area (Å²) in [5.74, 6) is -2.11. The van der Waals surface area contributed by atoms with Crippen molar-refractivity contribution < 1.29 is 19.5 Å². The van der Waals surface area contributed by atoms with Crippen molar-refractivity contribution in [3.8, 4) is 0 Å². The number of rotatable bonds is 7. The molecule has 0 unspecified atom stereocenters. The number of carboxylic acid groups (broad SMARTS) is 1. The highest BCUT2D eigenvalue weighted by Gasteiger charge is 2.21. The predicted octanol–water partition coefficient (Wildman–Crippen LogP) is -1.41. The van der Waals surface area contributed by atoms with Gasteiger partial charge in [0.2, 0.25) is 5.91 Å². The molecule has 0 aliphatic carbocycles. The minimum Gasteiger partial charge on any atom is -0.480 e. The van der Waals surface area contributed by atoms with Gasteiger partial charge in [-0.25, -0.2) is 9.59 Å². The van der Waals surface area contributed by atoms with Crippen molar-refractivity contribution in [2.45, 2.75) is 18.9 Å². The second kappa shape index (κ2) is 7.12. The topological polar surface area (TPSA) is 139 Å². The van der Waals surface area contributed by atoms with Crippen LogP contribution in [0.4, 0.5) is 4.79 Å². The van der Waals surface area contributed by atoms with Crippen LogP contribution in [0.15, 0.2) is 12.3 Å². The molecule has 0 saturated heterocycles. The fourth-order valence-electron chi connectivity index (χ4n) is 1.56. The first-order valence-electron chi connectivity index (χ1n) is 5.92. The van der Waals surface area contributed by atoms with Crippen molar-refractivity contribution in [3.63, 3.8) is 0 Å². The Bertz CT molecular complexity index is 499. The molecule has 1 atom stereocenters. The maximum absolute atomic E-state index is 11.5. The number of aromatic nitrogens is 2. The molecule has 0 radical (unpaired) electrons. The van der Waals surface area contributed by atoms with E-state index < -0.39 is 30.4 Å². The Morgan fingerprint density at radius 2 is 2.20 bits per heavy atom. The molecule has 1 heterocycles. The van der Waals surface area contributed by atoms with E-state index in [1.807, 2.05) is 6.07 Å². The monoisotopic (exact) mass is 283 g/mol. The van der Waals surface area contributed by atoms with E-state index in [2.05, 4.69) is 15.7 Å². The van der Waals surface area contributed by atoms with Gasteiger partial charge < -0.3 is 21.5 Å². The molecule has 1 aromatic heterocycles. The maximum atomic E-state index is 11.5. The number of amides is 3. The summed E-state index contributed by atoms with van der Waals surface area (Å²) in [6, 6.07) is -0.183. The second-order valence-electron chi connectivity index (χ2n) is 4.16. The first-order chi connectivity index (χ1) is 9.40. The van der Waals surface area contributed by atoms with Gasteiger partial charge in [0.15, 0.2) is 0 Å². The lowest BCUT2D eigenvalue weighted by Crippen LogP contribution is -2.48. The number of aryl methyl sites for hydroxylation is 1. The van der Waals surface area contributed by atoms with E-state index in [1.54, 1.807) is 17.9 Å². The Morgan fingerprint density at radius 3 is 2.70 bits per heavy atom. The molecule has 110 valence electrons. The molecule has 9 heteroatoms. The van der Waals surface area contributed by atoms with Crippen molar-refractivity contribution in [2.24, 2.45) is 12.8 Å². The molecule has 0 saturated carbocycles. The first-order valence-corrected chi connectivity index (χ1v) is 5.92. The Balaban J connectivity index is 2.36. The third-order valence-corrected chi connectivity index (χ3v) is 2.60. The quantitative estimate of drug-likeness (QED) is 0.487. The summed E-state index contributed by atoms with van der Waals surface area (Å²) in [7, 11) is 1.78. The molecule has 0 spiro atoms. The number of nitrogens with two attached hydrogens (primary N) is 1. The van der Waals surface area contributed by atoms with Gasteiger partial charge in [-0.2, -0.15) is 5.10 Å². The summed E-state index contributed by atoms with van der Waals surface area (Å²) in [6.45, 7) is 0.314. The molecule has 0 fully saturated rings. The molecular formula is C11H17N5O4. The lowest BCUT2D eigenvalue weighted by atomic mass is 10.2. The molecule has 1 rings (SSSR count). The van der Waals surface area contributed by atoms with Crippen LogP contribution in [0.3, 0.4) is 0 Å². The number of primary amides is 1. The number of nitrogens with one attached hydrogen (secondary N) is 2. The van der Waals surface area contributed by atoms with E-state index in [0.717, 1.165) is 5.69 Å². The smallest absolute Gasteiger partial charge is 0.326 e.